The Kier molecular flexibility index (Phi) is 5.96. The van der Waals surface area contributed by atoms with Crippen molar-refractivity contribution < 1.29 is 9.53 Å². The van der Waals surface area contributed by atoms with E-state index in [4.69, 9.17) is 10.5 Å². The van der Waals surface area contributed by atoms with Crippen molar-refractivity contribution in [2.45, 2.75) is 13.3 Å². The van der Waals surface area contributed by atoms with E-state index in [1.165, 1.54) is 0 Å². The van der Waals surface area contributed by atoms with Crippen LogP contribution in [-0.2, 0) is 18.2 Å². The lowest BCUT2D eigenvalue weighted by molar-refractivity contribution is 0.0517. The van der Waals surface area contributed by atoms with Crippen molar-refractivity contribution in [3.8, 4) is 0 Å². The molecule has 0 saturated heterocycles. The summed E-state index contributed by atoms with van der Waals surface area (Å²) in [5.74, 6) is -0.378. The number of aromatic nitrogens is 2. The predicted octanol–water partition coefficient (Wildman–Crippen LogP) is 0.520. The zero-order valence-corrected chi connectivity index (χ0v) is 9.71. The van der Waals surface area contributed by atoms with Gasteiger partial charge >= 0.3 is 5.97 Å². The second-order valence-corrected chi connectivity index (χ2v) is 2.94. The second-order valence-electron chi connectivity index (χ2n) is 2.94. The standard InChI is InChI=1S/C9H15N3O2.ClH/c1-3-14-9(13)8-7(4-5-10)6-12(2)11-8;/h6H,3-5,10H2,1-2H3;1H. The molecule has 0 saturated carbocycles. The van der Waals surface area contributed by atoms with Crippen molar-refractivity contribution in [1.82, 2.24) is 9.78 Å². The fourth-order valence-electron chi connectivity index (χ4n) is 1.25. The fourth-order valence-corrected chi connectivity index (χ4v) is 1.25. The van der Waals surface area contributed by atoms with Crippen LogP contribution in [0.2, 0.25) is 0 Å². The number of carbonyl (C=O) groups excluding carboxylic acids is 1. The van der Waals surface area contributed by atoms with Crippen molar-refractivity contribution in [1.29, 1.82) is 0 Å². The van der Waals surface area contributed by atoms with E-state index in [0.717, 1.165) is 5.56 Å². The number of nitrogens with two attached hydrogens (primary N) is 1. The molecule has 6 heteroatoms. The molecule has 0 unspecified atom stereocenters. The molecule has 0 aliphatic rings. The van der Waals surface area contributed by atoms with Gasteiger partial charge < -0.3 is 10.5 Å². The van der Waals surface area contributed by atoms with E-state index >= 15 is 0 Å². The van der Waals surface area contributed by atoms with Crippen LogP contribution in [0.25, 0.3) is 0 Å². The van der Waals surface area contributed by atoms with Crippen LogP contribution in [0.4, 0.5) is 0 Å². The van der Waals surface area contributed by atoms with Gasteiger partial charge in [0.25, 0.3) is 0 Å². The maximum Gasteiger partial charge on any atom is 0.359 e. The summed E-state index contributed by atoms with van der Waals surface area (Å²) in [5, 5.41) is 4.03. The van der Waals surface area contributed by atoms with E-state index in [-0.39, 0.29) is 18.4 Å². The maximum absolute atomic E-state index is 11.4. The van der Waals surface area contributed by atoms with Crippen LogP contribution in [-0.4, -0.2) is 28.9 Å². The molecule has 1 rings (SSSR count). The molecule has 0 fully saturated rings. The summed E-state index contributed by atoms with van der Waals surface area (Å²) in [6.07, 6.45) is 2.43. The zero-order chi connectivity index (χ0) is 10.6. The highest BCUT2D eigenvalue weighted by Gasteiger charge is 2.15. The van der Waals surface area contributed by atoms with Crippen molar-refractivity contribution >= 4 is 18.4 Å². The van der Waals surface area contributed by atoms with E-state index < -0.39 is 0 Å². The highest BCUT2D eigenvalue weighted by molar-refractivity contribution is 5.88. The Balaban J connectivity index is 0.00000196. The summed E-state index contributed by atoms with van der Waals surface area (Å²) in [6.45, 7) is 2.62. The molecule has 0 atom stereocenters. The van der Waals surface area contributed by atoms with Crippen LogP contribution in [0.15, 0.2) is 6.20 Å². The van der Waals surface area contributed by atoms with Gasteiger partial charge in [0.15, 0.2) is 5.69 Å². The Labute approximate surface area is 95.0 Å². The van der Waals surface area contributed by atoms with Crippen LogP contribution in [0.3, 0.4) is 0 Å². The van der Waals surface area contributed by atoms with Crippen molar-refractivity contribution in [3.63, 3.8) is 0 Å². The Morgan fingerprint density at radius 3 is 2.87 bits per heavy atom. The molecule has 1 heterocycles. The average molecular weight is 234 g/mol. The van der Waals surface area contributed by atoms with Crippen LogP contribution in [0, 0.1) is 0 Å². The molecule has 0 bridgehead atoms. The minimum atomic E-state index is -0.378. The number of nitrogens with zero attached hydrogens (tertiary/aromatic N) is 2. The molecule has 86 valence electrons. The van der Waals surface area contributed by atoms with Gasteiger partial charge in [-0.25, -0.2) is 4.79 Å². The summed E-state index contributed by atoms with van der Waals surface area (Å²) in [4.78, 5) is 11.4. The first-order valence-electron chi connectivity index (χ1n) is 4.58. The molecule has 0 aliphatic heterocycles. The van der Waals surface area contributed by atoms with Gasteiger partial charge in [-0.2, -0.15) is 5.10 Å². The number of rotatable bonds is 4. The van der Waals surface area contributed by atoms with Gasteiger partial charge in [-0.05, 0) is 19.9 Å². The Morgan fingerprint density at radius 2 is 2.33 bits per heavy atom. The number of ether oxygens (including phenoxy) is 1. The minimum absolute atomic E-state index is 0. The predicted molar refractivity (Wildman–Crippen MR) is 59.2 cm³/mol. The molecular formula is C9H16ClN3O2. The highest BCUT2D eigenvalue weighted by atomic mass is 35.5. The largest absolute Gasteiger partial charge is 0.461 e. The molecule has 0 aromatic carbocycles. The number of aryl methyl sites for hydroxylation is 1. The highest BCUT2D eigenvalue weighted by Crippen LogP contribution is 2.08. The van der Waals surface area contributed by atoms with Gasteiger partial charge in [0, 0.05) is 18.8 Å². The Morgan fingerprint density at radius 1 is 1.67 bits per heavy atom. The smallest absolute Gasteiger partial charge is 0.359 e. The molecule has 2 N–H and O–H groups in total. The second kappa shape index (κ2) is 6.42. The number of hydrogen-bond acceptors (Lipinski definition) is 4. The van der Waals surface area contributed by atoms with Crippen molar-refractivity contribution in [2.75, 3.05) is 13.2 Å². The fraction of sp³-hybridized carbons (Fsp3) is 0.556. The molecule has 15 heavy (non-hydrogen) atoms. The first kappa shape index (κ1) is 13.9. The molecule has 0 amide bonds. The lowest BCUT2D eigenvalue weighted by Gasteiger charge is -2.00. The monoisotopic (exact) mass is 233 g/mol. The van der Waals surface area contributed by atoms with Crippen LogP contribution in [0.5, 0.6) is 0 Å². The number of esters is 1. The van der Waals surface area contributed by atoms with Crippen molar-refractivity contribution in [2.24, 2.45) is 12.8 Å². The van der Waals surface area contributed by atoms with Gasteiger partial charge in [0.05, 0.1) is 6.61 Å². The zero-order valence-electron chi connectivity index (χ0n) is 8.90. The first-order chi connectivity index (χ1) is 6.69. The van der Waals surface area contributed by atoms with Gasteiger partial charge in [0.1, 0.15) is 0 Å². The van der Waals surface area contributed by atoms with E-state index in [1.54, 1.807) is 24.9 Å². The number of halogens is 1. The normalized spacial score (nSPS) is 9.53. The number of carbonyl (C=O) groups is 1. The summed E-state index contributed by atoms with van der Waals surface area (Å²) in [5.41, 5.74) is 6.64. The summed E-state index contributed by atoms with van der Waals surface area (Å²) in [7, 11) is 1.77. The lowest BCUT2D eigenvalue weighted by atomic mass is 10.2. The SMILES string of the molecule is CCOC(=O)c1nn(C)cc1CCN.Cl. The third-order valence-electron chi connectivity index (χ3n) is 1.79. The lowest BCUT2D eigenvalue weighted by Crippen LogP contribution is -2.11. The van der Waals surface area contributed by atoms with Gasteiger partial charge in [-0.15, -0.1) is 12.4 Å². The quantitative estimate of drug-likeness (QED) is 0.770. The third-order valence-corrected chi connectivity index (χ3v) is 1.79. The molecule has 0 radical (unpaired) electrons. The molecule has 5 nitrogen and oxygen atoms in total. The molecule has 1 aromatic rings. The van der Waals surface area contributed by atoms with Crippen LogP contribution < -0.4 is 5.73 Å². The minimum Gasteiger partial charge on any atom is -0.461 e. The van der Waals surface area contributed by atoms with Crippen LogP contribution in [0.1, 0.15) is 23.0 Å². The van der Waals surface area contributed by atoms with Gasteiger partial charge in [0.2, 0.25) is 0 Å². The van der Waals surface area contributed by atoms with E-state index in [0.29, 0.717) is 25.3 Å². The summed E-state index contributed by atoms with van der Waals surface area (Å²) >= 11 is 0. The van der Waals surface area contributed by atoms with Crippen molar-refractivity contribution in [3.05, 3.63) is 17.5 Å². The maximum atomic E-state index is 11.4. The van der Waals surface area contributed by atoms with Crippen LogP contribution >= 0.6 is 12.4 Å². The van der Waals surface area contributed by atoms with E-state index in [1.807, 2.05) is 0 Å². The molecule has 1 aromatic heterocycles. The molecular weight excluding hydrogens is 218 g/mol. The first-order valence-corrected chi connectivity index (χ1v) is 4.58. The molecule has 0 aliphatic carbocycles. The molecule has 0 spiro atoms. The van der Waals surface area contributed by atoms with E-state index in [9.17, 15) is 4.79 Å². The Hall–Kier alpha value is -1.07. The van der Waals surface area contributed by atoms with E-state index in [2.05, 4.69) is 5.10 Å². The van der Waals surface area contributed by atoms with Gasteiger partial charge in [-0.3, -0.25) is 4.68 Å². The summed E-state index contributed by atoms with van der Waals surface area (Å²) < 4.78 is 6.47. The third kappa shape index (κ3) is 3.53. The van der Waals surface area contributed by atoms with Gasteiger partial charge in [-0.1, -0.05) is 0 Å². The summed E-state index contributed by atoms with van der Waals surface area (Å²) in [6, 6.07) is 0. The Bertz CT molecular complexity index is 325. The average Bonchev–Trinajstić information content (AvgIpc) is 2.48. The number of hydrogen-bond donors (Lipinski definition) is 1. The topological polar surface area (TPSA) is 70.1 Å².